The summed E-state index contributed by atoms with van der Waals surface area (Å²) in [5.41, 5.74) is 0.00325. The zero-order chi connectivity index (χ0) is 17.5. The Morgan fingerprint density at radius 2 is 2.17 bits per heavy atom. The van der Waals surface area contributed by atoms with Gasteiger partial charge in [-0.05, 0) is 31.4 Å². The summed E-state index contributed by atoms with van der Waals surface area (Å²) in [6.45, 7) is 0.544. The lowest BCUT2D eigenvalue weighted by molar-refractivity contribution is 0.103. The first kappa shape index (κ1) is 17.1. The van der Waals surface area contributed by atoms with Crippen molar-refractivity contribution in [3.05, 3.63) is 40.3 Å². The third-order valence-electron chi connectivity index (χ3n) is 3.58. The molecule has 1 aliphatic rings. The largest absolute Gasteiger partial charge is 0.480 e. The molecule has 0 radical (unpaired) electrons. The predicted molar refractivity (Wildman–Crippen MR) is 84.3 cm³/mol. The second-order valence-corrected chi connectivity index (χ2v) is 5.11. The minimum Gasteiger partial charge on any atom is -0.480 e. The normalized spacial score (nSPS) is 15.2. The average Bonchev–Trinajstić information content (AvgIpc) is 2.61. The van der Waals surface area contributed by atoms with E-state index in [4.69, 9.17) is 16.4 Å². The molecule has 1 aliphatic heterocycles. The second-order valence-electron chi connectivity index (χ2n) is 5.11. The van der Waals surface area contributed by atoms with Crippen LogP contribution in [0.15, 0.2) is 23.4 Å². The van der Waals surface area contributed by atoms with Crippen molar-refractivity contribution in [2.24, 2.45) is 0 Å². The van der Waals surface area contributed by atoms with E-state index in [2.05, 4.69) is 11.2 Å². The quantitative estimate of drug-likeness (QED) is 0.398. The van der Waals surface area contributed by atoms with Crippen molar-refractivity contribution in [3.63, 3.8) is 0 Å². The molecule has 24 heavy (non-hydrogen) atoms. The molecule has 0 unspecified atom stereocenters. The molecule has 0 aliphatic carbocycles. The Labute approximate surface area is 139 Å². The first-order valence-corrected chi connectivity index (χ1v) is 7.34. The minimum absolute atomic E-state index is 0.0130. The number of nitrogens with one attached hydrogen (secondary N) is 1. The van der Waals surface area contributed by atoms with Crippen LogP contribution in [0.2, 0.25) is 0 Å². The molecule has 0 aromatic heterocycles. The number of hydrogen-bond acceptors (Lipinski definition) is 5. The monoisotopic (exact) mass is 323 g/mol. The molecule has 1 heterocycles. The van der Waals surface area contributed by atoms with Gasteiger partial charge < -0.3 is 10.1 Å². The Morgan fingerprint density at radius 3 is 2.75 bits per heavy atom. The molecular weight excluding hydrogens is 309 g/mol. The van der Waals surface area contributed by atoms with Crippen LogP contribution in [0.1, 0.15) is 35.2 Å². The number of nitriles is 2. The van der Waals surface area contributed by atoms with Gasteiger partial charge >= 0.3 is 0 Å². The van der Waals surface area contributed by atoms with E-state index in [0.717, 1.165) is 25.0 Å². The summed E-state index contributed by atoms with van der Waals surface area (Å²) in [7, 11) is 0. The van der Waals surface area contributed by atoms with E-state index in [1.807, 2.05) is 6.07 Å². The van der Waals surface area contributed by atoms with Crippen LogP contribution in [-0.2, 0) is 0 Å². The number of rotatable bonds is 4. The maximum Gasteiger partial charge on any atom is 0.208 e. The minimum atomic E-state index is -0.881. The summed E-state index contributed by atoms with van der Waals surface area (Å²) in [6.07, 6.45) is 7.47. The number of ether oxygens (including phenoxy) is 1. The lowest BCUT2D eigenvalue weighted by Gasteiger charge is -2.18. The van der Waals surface area contributed by atoms with Crippen LogP contribution in [0.3, 0.4) is 0 Å². The first-order valence-electron chi connectivity index (χ1n) is 7.34. The molecule has 120 valence electrons. The molecule has 5 nitrogen and oxygen atoms in total. The smallest absolute Gasteiger partial charge is 0.208 e. The number of Topliss-reactive ketones (excluding diaryl/α,β-unsaturated/α-hetero) is 1. The number of allylic oxidation sites excluding steroid dienone is 2. The van der Waals surface area contributed by atoms with Crippen molar-refractivity contribution < 1.29 is 13.9 Å². The standard InChI is InChI=1S/C18H14FN3O2/c1-2-7-24-17-9-13(15(19)8-12(17)10-20)18(23)14(11-21)16-5-3-4-6-22-16/h1,8-9,22H,3-7H2/b16-14-. The number of hydrogen-bond donors (Lipinski definition) is 1. The third kappa shape index (κ3) is 3.54. The van der Waals surface area contributed by atoms with E-state index in [9.17, 15) is 14.4 Å². The van der Waals surface area contributed by atoms with Gasteiger partial charge in [-0.15, -0.1) is 6.42 Å². The molecule has 0 atom stereocenters. The molecule has 1 N–H and O–H groups in total. The summed E-state index contributed by atoms with van der Waals surface area (Å²) in [5, 5.41) is 21.4. The highest BCUT2D eigenvalue weighted by atomic mass is 19.1. The van der Waals surface area contributed by atoms with Crippen LogP contribution >= 0.6 is 0 Å². The number of benzene rings is 1. The first-order chi connectivity index (χ1) is 11.6. The molecule has 1 aromatic carbocycles. The van der Waals surface area contributed by atoms with Gasteiger partial charge in [0.25, 0.3) is 0 Å². The fourth-order valence-electron chi connectivity index (χ4n) is 2.41. The highest BCUT2D eigenvalue weighted by molar-refractivity contribution is 6.12. The predicted octanol–water partition coefficient (Wildman–Crippen LogP) is 2.44. The SMILES string of the molecule is C#CCOc1cc(C(=O)/C(C#N)=C2/CCCCN2)c(F)cc1C#N. The zero-order valence-electron chi connectivity index (χ0n) is 12.9. The van der Waals surface area contributed by atoms with E-state index in [1.165, 1.54) is 0 Å². The Morgan fingerprint density at radius 1 is 1.38 bits per heavy atom. The fourth-order valence-corrected chi connectivity index (χ4v) is 2.41. The summed E-state index contributed by atoms with van der Waals surface area (Å²) in [4.78, 5) is 12.6. The van der Waals surface area contributed by atoms with Crippen LogP contribution in [-0.4, -0.2) is 18.9 Å². The van der Waals surface area contributed by atoms with Crippen molar-refractivity contribution >= 4 is 5.78 Å². The van der Waals surface area contributed by atoms with Crippen molar-refractivity contribution in [1.29, 1.82) is 10.5 Å². The van der Waals surface area contributed by atoms with Crippen LogP contribution in [0.5, 0.6) is 5.75 Å². The van der Waals surface area contributed by atoms with Gasteiger partial charge in [0.15, 0.2) is 0 Å². The second kappa shape index (κ2) is 7.81. The molecule has 0 saturated carbocycles. The summed E-state index contributed by atoms with van der Waals surface area (Å²) in [5.74, 6) is 0.625. The van der Waals surface area contributed by atoms with Crippen molar-refractivity contribution in [3.8, 4) is 30.2 Å². The van der Waals surface area contributed by atoms with Gasteiger partial charge in [-0.1, -0.05) is 5.92 Å². The molecule has 1 fully saturated rings. The van der Waals surface area contributed by atoms with Gasteiger partial charge in [0, 0.05) is 12.2 Å². The van der Waals surface area contributed by atoms with Crippen molar-refractivity contribution in [2.75, 3.05) is 13.2 Å². The van der Waals surface area contributed by atoms with Crippen LogP contribution < -0.4 is 10.1 Å². The number of nitrogens with zero attached hydrogens (tertiary/aromatic N) is 2. The Kier molecular flexibility index (Phi) is 5.55. The number of carbonyl (C=O) groups is 1. The molecule has 0 bridgehead atoms. The summed E-state index contributed by atoms with van der Waals surface area (Å²) >= 11 is 0. The van der Waals surface area contributed by atoms with E-state index in [-0.39, 0.29) is 29.1 Å². The Bertz CT molecular complexity index is 814. The van der Waals surface area contributed by atoms with Gasteiger partial charge in [-0.25, -0.2) is 4.39 Å². The van der Waals surface area contributed by atoms with Gasteiger partial charge in [0.05, 0.1) is 11.1 Å². The van der Waals surface area contributed by atoms with E-state index < -0.39 is 11.6 Å². The molecular formula is C18H14FN3O2. The number of terminal acetylenes is 1. The lowest BCUT2D eigenvalue weighted by atomic mass is 9.97. The summed E-state index contributed by atoms with van der Waals surface area (Å²) in [6, 6.07) is 5.66. The molecule has 1 saturated heterocycles. The highest BCUT2D eigenvalue weighted by Crippen LogP contribution is 2.26. The fraction of sp³-hybridized carbons (Fsp3) is 0.278. The molecule has 2 rings (SSSR count). The molecule has 6 heteroatoms. The lowest BCUT2D eigenvalue weighted by Crippen LogP contribution is -2.23. The van der Waals surface area contributed by atoms with Crippen LogP contribution in [0, 0.1) is 40.8 Å². The number of ketones is 1. The van der Waals surface area contributed by atoms with Crippen LogP contribution in [0.4, 0.5) is 4.39 Å². The van der Waals surface area contributed by atoms with E-state index >= 15 is 0 Å². The average molecular weight is 323 g/mol. The van der Waals surface area contributed by atoms with E-state index in [0.29, 0.717) is 18.7 Å². The van der Waals surface area contributed by atoms with Gasteiger partial charge in [-0.2, -0.15) is 10.5 Å². The molecule has 1 aromatic rings. The maximum absolute atomic E-state index is 14.2. The van der Waals surface area contributed by atoms with Crippen molar-refractivity contribution in [2.45, 2.75) is 19.3 Å². The summed E-state index contributed by atoms with van der Waals surface area (Å²) < 4.78 is 19.4. The van der Waals surface area contributed by atoms with Crippen molar-refractivity contribution in [1.82, 2.24) is 5.32 Å². The molecule has 0 spiro atoms. The highest BCUT2D eigenvalue weighted by Gasteiger charge is 2.23. The maximum atomic E-state index is 14.2. The number of carbonyl (C=O) groups excluding carboxylic acids is 1. The number of piperidine rings is 1. The van der Waals surface area contributed by atoms with Gasteiger partial charge in [0.1, 0.15) is 35.9 Å². The topological polar surface area (TPSA) is 85.9 Å². The van der Waals surface area contributed by atoms with Gasteiger partial charge in [-0.3, -0.25) is 4.79 Å². The molecule has 0 amide bonds. The zero-order valence-corrected chi connectivity index (χ0v) is 12.9. The van der Waals surface area contributed by atoms with Crippen LogP contribution in [0.25, 0.3) is 0 Å². The van der Waals surface area contributed by atoms with Gasteiger partial charge in [0.2, 0.25) is 5.78 Å². The third-order valence-corrected chi connectivity index (χ3v) is 3.58. The van der Waals surface area contributed by atoms with E-state index in [1.54, 1.807) is 6.07 Å². The Balaban J connectivity index is 2.47. The Hall–Kier alpha value is -3.30. The number of halogens is 1.